The number of hydrogen-bond acceptors (Lipinski definition) is 2. The Morgan fingerprint density at radius 3 is 2.71 bits per heavy atom. The van der Waals surface area contributed by atoms with Gasteiger partial charge in [0.1, 0.15) is 0 Å². The Kier molecular flexibility index (Phi) is 3.26. The quantitative estimate of drug-likeness (QED) is 0.866. The average molecular weight is 298 g/mol. The molecule has 1 saturated carbocycles. The van der Waals surface area contributed by atoms with Gasteiger partial charge >= 0.3 is 0 Å². The molecule has 0 spiro atoms. The molecule has 2 heterocycles. The normalized spacial score (nSPS) is 25.9. The van der Waals surface area contributed by atoms with Crippen molar-refractivity contribution in [1.29, 1.82) is 0 Å². The molecule has 94 valence electrons. The monoisotopic (exact) mass is 297 g/mol. The fourth-order valence-electron chi connectivity index (χ4n) is 3.26. The second kappa shape index (κ2) is 4.73. The smallest absolute Gasteiger partial charge is 0.177 e. The van der Waals surface area contributed by atoms with E-state index in [2.05, 4.69) is 20.5 Å². The minimum atomic E-state index is 0.327. The van der Waals surface area contributed by atoms with E-state index in [1.807, 2.05) is 0 Å². The maximum Gasteiger partial charge on any atom is 0.177 e. The van der Waals surface area contributed by atoms with Gasteiger partial charge in [-0.2, -0.15) is 0 Å². The van der Waals surface area contributed by atoms with Crippen molar-refractivity contribution in [3.63, 3.8) is 0 Å². The van der Waals surface area contributed by atoms with Gasteiger partial charge in [-0.25, -0.2) is 4.98 Å². The molecule has 1 aliphatic carbocycles. The zero-order chi connectivity index (χ0) is 11.8. The molecule has 1 aromatic rings. The number of aromatic nitrogens is 2. The van der Waals surface area contributed by atoms with Gasteiger partial charge in [-0.15, -0.1) is 0 Å². The minimum Gasteiger partial charge on any atom is -0.327 e. The molecule has 17 heavy (non-hydrogen) atoms. The number of imidazole rings is 1. The third-order valence-electron chi connectivity index (χ3n) is 4.23. The summed E-state index contributed by atoms with van der Waals surface area (Å²) < 4.78 is 3.34. The molecular weight excluding hydrogens is 278 g/mol. The maximum atomic E-state index is 6.10. The molecule has 1 aromatic heterocycles. The van der Waals surface area contributed by atoms with Crippen molar-refractivity contribution in [1.82, 2.24) is 9.55 Å². The standard InChI is InChI=1S/C13H20BrN3/c14-13-16-12(9-4-2-1-3-5-9)11-8-10(15)6-7-17(11)13/h9-10H,1-8,15H2. The molecule has 4 heteroatoms. The fraction of sp³-hybridized carbons (Fsp3) is 0.769. The summed E-state index contributed by atoms with van der Waals surface area (Å²) in [5.74, 6) is 0.682. The third kappa shape index (κ3) is 2.17. The first-order valence-corrected chi connectivity index (χ1v) is 7.55. The molecule has 3 rings (SSSR count). The van der Waals surface area contributed by atoms with E-state index in [0.29, 0.717) is 12.0 Å². The van der Waals surface area contributed by atoms with Crippen LogP contribution >= 0.6 is 15.9 Å². The van der Waals surface area contributed by atoms with E-state index in [-0.39, 0.29) is 0 Å². The van der Waals surface area contributed by atoms with Crippen LogP contribution in [-0.4, -0.2) is 15.6 Å². The van der Waals surface area contributed by atoms with E-state index in [0.717, 1.165) is 24.1 Å². The highest BCUT2D eigenvalue weighted by atomic mass is 79.9. The van der Waals surface area contributed by atoms with E-state index in [9.17, 15) is 0 Å². The van der Waals surface area contributed by atoms with Crippen molar-refractivity contribution in [3.05, 3.63) is 16.1 Å². The van der Waals surface area contributed by atoms with Crippen LogP contribution in [0.15, 0.2) is 4.73 Å². The summed E-state index contributed by atoms with van der Waals surface area (Å²) in [6, 6.07) is 0.327. The highest BCUT2D eigenvalue weighted by Crippen LogP contribution is 2.36. The van der Waals surface area contributed by atoms with Crippen LogP contribution in [0.4, 0.5) is 0 Å². The molecule has 2 aliphatic rings. The van der Waals surface area contributed by atoms with Crippen molar-refractivity contribution in [2.45, 2.75) is 63.5 Å². The Hall–Kier alpha value is -0.350. The highest BCUT2D eigenvalue weighted by Gasteiger charge is 2.27. The van der Waals surface area contributed by atoms with Crippen LogP contribution in [0.25, 0.3) is 0 Å². The van der Waals surface area contributed by atoms with Crippen molar-refractivity contribution in [2.75, 3.05) is 0 Å². The lowest BCUT2D eigenvalue weighted by Gasteiger charge is -2.25. The molecule has 0 bridgehead atoms. The summed E-state index contributed by atoms with van der Waals surface area (Å²) in [5.41, 5.74) is 8.85. The zero-order valence-corrected chi connectivity index (χ0v) is 11.7. The Bertz CT molecular complexity index is 407. The molecular formula is C13H20BrN3. The SMILES string of the molecule is NC1CCn2c(Br)nc(C3CCCCC3)c2C1. The molecule has 0 radical (unpaired) electrons. The van der Waals surface area contributed by atoms with E-state index in [1.54, 1.807) is 0 Å². The zero-order valence-electron chi connectivity index (χ0n) is 10.2. The second-order valence-electron chi connectivity index (χ2n) is 5.45. The van der Waals surface area contributed by atoms with Crippen LogP contribution in [-0.2, 0) is 13.0 Å². The molecule has 3 nitrogen and oxygen atoms in total. The Labute approximate surface area is 111 Å². The van der Waals surface area contributed by atoms with Crippen LogP contribution in [0.1, 0.15) is 55.8 Å². The third-order valence-corrected chi connectivity index (χ3v) is 4.83. The van der Waals surface area contributed by atoms with Crippen molar-refractivity contribution >= 4 is 15.9 Å². The van der Waals surface area contributed by atoms with E-state index in [4.69, 9.17) is 10.7 Å². The number of hydrogen-bond donors (Lipinski definition) is 1. The van der Waals surface area contributed by atoms with Crippen molar-refractivity contribution in [3.8, 4) is 0 Å². The van der Waals surface area contributed by atoms with Crippen LogP contribution < -0.4 is 5.73 Å². The van der Waals surface area contributed by atoms with E-state index in [1.165, 1.54) is 43.5 Å². The van der Waals surface area contributed by atoms with Gasteiger partial charge in [0.25, 0.3) is 0 Å². The first-order valence-electron chi connectivity index (χ1n) is 6.76. The minimum absolute atomic E-state index is 0.327. The van der Waals surface area contributed by atoms with Gasteiger partial charge in [-0.05, 0) is 35.2 Å². The Morgan fingerprint density at radius 2 is 1.94 bits per heavy atom. The van der Waals surface area contributed by atoms with Gasteiger partial charge in [0.2, 0.25) is 0 Å². The summed E-state index contributed by atoms with van der Waals surface area (Å²) in [7, 11) is 0. The van der Waals surface area contributed by atoms with Crippen LogP contribution in [0, 0.1) is 0 Å². The molecule has 0 saturated heterocycles. The first kappa shape index (κ1) is 11.7. The first-order chi connectivity index (χ1) is 8.25. The number of nitrogens with zero attached hydrogens (tertiary/aromatic N) is 2. The largest absolute Gasteiger partial charge is 0.327 e. The van der Waals surface area contributed by atoms with Crippen molar-refractivity contribution < 1.29 is 0 Å². The molecule has 1 atom stereocenters. The number of rotatable bonds is 1. The summed E-state index contributed by atoms with van der Waals surface area (Å²) in [6.45, 7) is 1.02. The molecule has 1 unspecified atom stereocenters. The van der Waals surface area contributed by atoms with Gasteiger partial charge in [-0.1, -0.05) is 19.3 Å². The van der Waals surface area contributed by atoms with Crippen LogP contribution in [0.5, 0.6) is 0 Å². The number of halogens is 1. The van der Waals surface area contributed by atoms with E-state index >= 15 is 0 Å². The number of fused-ring (bicyclic) bond motifs is 1. The predicted molar refractivity (Wildman–Crippen MR) is 72.0 cm³/mol. The summed E-state index contributed by atoms with van der Waals surface area (Å²) in [4.78, 5) is 4.77. The fourth-order valence-corrected chi connectivity index (χ4v) is 3.85. The lowest BCUT2D eigenvalue weighted by atomic mass is 9.85. The number of nitrogens with two attached hydrogens (primary N) is 1. The van der Waals surface area contributed by atoms with Gasteiger partial charge in [0.05, 0.1) is 5.69 Å². The van der Waals surface area contributed by atoms with Gasteiger partial charge in [-0.3, -0.25) is 0 Å². The van der Waals surface area contributed by atoms with Gasteiger partial charge in [0.15, 0.2) is 4.73 Å². The van der Waals surface area contributed by atoms with E-state index < -0.39 is 0 Å². The second-order valence-corrected chi connectivity index (χ2v) is 6.16. The Morgan fingerprint density at radius 1 is 1.18 bits per heavy atom. The predicted octanol–water partition coefficient (Wildman–Crippen LogP) is 2.97. The summed E-state index contributed by atoms with van der Waals surface area (Å²) in [6.07, 6.45) is 8.82. The van der Waals surface area contributed by atoms with Crippen LogP contribution in [0.3, 0.4) is 0 Å². The Balaban J connectivity index is 1.93. The molecule has 0 amide bonds. The summed E-state index contributed by atoms with van der Waals surface area (Å²) >= 11 is 3.60. The molecule has 1 aliphatic heterocycles. The van der Waals surface area contributed by atoms with Crippen molar-refractivity contribution in [2.24, 2.45) is 5.73 Å². The highest BCUT2D eigenvalue weighted by molar-refractivity contribution is 9.10. The van der Waals surface area contributed by atoms with Gasteiger partial charge < -0.3 is 10.3 Å². The average Bonchev–Trinajstić information content (AvgIpc) is 2.67. The lowest BCUT2D eigenvalue weighted by molar-refractivity contribution is 0.423. The molecule has 1 fully saturated rings. The molecule has 0 aromatic carbocycles. The lowest BCUT2D eigenvalue weighted by Crippen LogP contribution is -2.31. The van der Waals surface area contributed by atoms with Gasteiger partial charge in [0, 0.05) is 30.6 Å². The topological polar surface area (TPSA) is 43.8 Å². The summed E-state index contributed by atoms with van der Waals surface area (Å²) in [5, 5.41) is 0. The maximum absolute atomic E-state index is 6.10. The van der Waals surface area contributed by atoms with Crippen LogP contribution in [0.2, 0.25) is 0 Å². The molecule has 2 N–H and O–H groups in total.